The van der Waals surface area contributed by atoms with Crippen LogP contribution in [0.25, 0.3) is 0 Å². The van der Waals surface area contributed by atoms with Gasteiger partial charge in [0.1, 0.15) is 5.75 Å². The van der Waals surface area contributed by atoms with Gasteiger partial charge in [0.15, 0.2) is 0 Å². The summed E-state index contributed by atoms with van der Waals surface area (Å²) in [4.78, 5) is 22.4. The van der Waals surface area contributed by atoms with E-state index in [0.717, 1.165) is 0 Å². The molecule has 1 heterocycles. The highest BCUT2D eigenvalue weighted by atomic mass is 35.5. The van der Waals surface area contributed by atoms with Gasteiger partial charge in [0, 0.05) is 0 Å². The highest BCUT2D eigenvalue weighted by Gasteiger charge is 2.31. The van der Waals surface area contributed by atoms with E-state index in [1.165, 1.54) is 7.11 Å². The van der Waals surface area contributed by atoms with E-state index in [2.05, 4.69) is 5.32 Å². The minimum absolute atomic E-state index is 0.174. The number of fused-ring (bicyclic) bond motifs is 1. The summed E-state index contributed by atoms with van der Waals surface area (Å²) in [6.45, 7) is 0. The zero-order valence-electron chi connectivity index (χ0n) is 7.26. The first-order chi connectivity index (χ1) is 6.65. The van der Waals surface area contributed by atoms with E-state index in [1.54, 1.807) is 12.1 Å². The van der Waals surface area contributed by atoms with E-state index >= 15 is 0 Å². The van der Waals surface area contributed by atoms with Crippen molar-refractivity contribution in [2.75, 3.05) is 12.4 Å². The Hall–Kier alpha value is -1.55. The van der Waals surface area contributed by atoms with Crippen molar-refractivity contribution in [3.8, 4) is 5.75 Å². The fraction of sp³-hybridized carbons (Fsp3) is 0.111. The van der Waals surface area contributed by atoms with Crippen LogP contribution in [0.2, 0.25) is 5.02 Å². The Bertz CT molecular complexity index is 442. The number of carbonyl (C=O) groups is 2. The van der Waals surface area contributed by atoms with Crippen molar-refractivity contribution in [1.29, 1.82) is 0 Å². The monoisotopic (exact) mass is 211 g/mol. The largest absolute Gasteiger partial charge is 0.495 e. The molecule has 2 rings (SSSR count). The van der Waals surface area contributed by atoms with Gasteiger partial charge in [-0.2, -0.15) is 0 Å². The molecular formula is C9H6ClNO3. The highest BCUT2D eigenvalue weighted by molar-refractivity contribution is 6.55. The number of hydrogen-bond acceptors (Lipinski definition) is 3. The Morgan fingerprint density at radius 2 is 2.07 bits per heavy atom. The van der Waals surface area contributed by atoms with Gasteiger partial charge in [-0.3, -0.25) is 9.59 Å². The Kier molecular flexibility index (Phi) is 1.93. The molecule has 0 atom stereocenters. The van der Waals surface area contributed by atoms with E-state index in [0.29, 0.717) is 11.4 Å². The summed E-state index contributed by atoms with van der Waals surface area (Å²) < 4.78 is 4.93. The molecule has 14 heavy (non-hydrogen) atoms. The van der Waals surface area contributed by atoms with Crippen LogP contribution in [-0.4, -0.2) is 18.8 Å². The van der Waals surface area contributed by atoms with Crippen molar-refractivity contribution in [3.05, 3.63) is 22.7 Å². The molecule has 1 amide bonds. The van der Waals surface area contributed by atoms with Crippen LogP contribution in [0.5, 0.6) is 5.75 Å². The zero-order chi connectivity index (χ0) is 10.3. The first kappa shape index (κ1) is 9.02. The quantitative estimate of drug-likeness (QED) is 0.716. The van der Waals surface area contributed by atoms with Crippen LogP contribution >= 0.6 is 11.6 Å². The fourth-order valence-corrected chi connectivity index (χ4v) is 1.66. The molecule has 5 heteroatoms. The van der Waals surface area contributed by atoms with E-state index in [-0.39, 0.29) is 10.6 Å². The number of amides is 1. The summed E-state index contributed by atoms with van der Waals surface area (Å²) in [7, 11) is 1.45. The molecule has 72 valence electrons. The number of hydrogen-bond donors (Lipinski definition) is 1. The number of nitrogens with one attached hydrogen (secondary N) is 1. The number of carbonyl (C=O) groups excluding carboxylic acids is 2. The Balaban J connectivity index is 2.66. The molecule has 0 saturated carbocycles. The summed E-state index contributed by atoms with van der Waals surface area (Å²) in [5.74, 6) is -0.894. The van der Waals surface area contributed by atoms with Crippen molar-refractivity contribution >= 4 is 29.0 Å². The van der Waals surface area contributed by atoms with Crippen LogP contribution in [0.3, 0.4) is 0 Å². The average molecular weight is 212 g/mol. The van der Waals surface area contributed by atoms with Gasteiger partial charge in [-0.05, 0) is 12.1 Å². The summed E-state index contributed by atoms with van der Waals surface area (Å²) >= 11 is 5.88. The van der Waals surface area contributed by atoms with Gasteiger partial charge in [-0.15, -0.1) is 0 Å². The molecule has 0 radical (unpaired) electrons. The van der Waals surface area contributed by atoms with Crippen LogP contribution in [-0.2, 0) is 4.79 Å². The van der Waals surface area contributed by atoms with Crippen molar-refractivity contribution in [2.45, 2.75) is 0 Å². The van der Waals surface area contributed by atoms with Gasteiger partial charge < -0.3 is 10.1 Å². The molecule has 0 spiro atoms. The lowest BCUT2D eigenvalue weighted by Gasteiger charge is -2.05. The Morgan fingerprint density at radius 1 is 1.36 bits per heavy atom. The smallest absolute Gasteiger partial charge is 0.296 e. The SMILES string of the molecule is COc1ccc2c(c1Cl)C(=O)C(=O)N2. The summed E-state index contributed by atoms with van der Waals surface area (Å²) in [6.07, 6.45) is 0. The average Bonchev–Trinajstić information content (AvgIpc) is 2.44. The lowest BCUT2D eigenvalue weighted by molar-refractivity contribution is -0.112. The molecule has 1 N–H and O–H groups in total. The van der Waals surface area contributed by atoms with Crippen molar-refractivity contribution in [2.24, 2.45) is 0 Å². The number of Topliss-reactive ketones (excluding diaryl/α,β-unsaturated/α-hetero) is 1. The maximum Gasteiger partial charge on any atom is 0.296 e. The van der Waals surface area contributed by atoms with Gasteiger partial charge in [-0.25, -0.2) is 0 Å². The number of rotatable bonds is 1. The number of ketones is 1. The first-order valence-electron chi connectivity index (χ1n) is 3.87. The molecule has 0 aliphatic carbocycles. The third-order valence-corrected chi connectivity index (χ3v) is 2.38. The van der Waals surface area contributed by atoms with Crippen LogP contribution in [0.1, 0.15) is 10.4 Å². The molecule has 1 aliphatic heterocycles. The van der Waals surface area contributed by atoms with Crippen LogP contribution in [0, 0.1) is 0 Å². The second-order valence-corrected chi connectivity index (χ2v) is 3.17. The van der Waals surface area contributed by atoms with Crippen molar-refractivity contribution < 1.29 is 14.3 Å². The molecule has 0 bridgehead atoms. The van der Waals surface area contributed by atoms with Crippen LogP contribution in [0.15, 0.2) is 12.1 Å². The third-order valence-electron chi connectivity index (χ3n) is 2.01. The third kappa shape index (κ3) is 1.08. The van der Waals surface area contributed by atoms with E-state index in [1.807, 2.05) is 0 Å². The zero-order valence-corrected chi connectivity index (χ0v) is 8.01. The molecule has 0 unspecified atom stereocenters. The maximum atomic E-state index is 11.3. The van der Waals surface area contributed by atoms with Gasteiger partial charge in [0.2, 0.25) is 0 Å². The predicted molar refractivity (Wildman–Crippen MR) is 51.0 cm³/mol. The van der Waals surface area contributed by atoms with E-state index in [9.17, 15) is 9.59 Å². The second kappa shape index (κ2) is 2.99. The maximum absolute atomic E-state index is 11.3. The van der Waals surface area contributed by atoms with Gasteiger partial charge >= 0.3 is 0 Å². The highest BCUT2D eigenvalue weighted by Crippen LogP contribution is 2.36. The normalized spacial score (nSPS) is 13.9. The summed E-state index contributed by atoms with van der Waals surface area (Å²) in [6, 6.07) is 3.18. The van der Waals surface area contributed by atoms with Crippen LogP contribution in [0.4, 0.5) is 5.69 Å². The molecule has 0 saturated heterocycles. The lowest BCUT2D eigenvalue weighted by atomic mass is 10.1. The predicted octanol–water partition coefficient (Wildman–Crippen LogP) is 1.48. The number of methoxy groups -OCH3 is 1. The fourth-order valence-electron chi connectivity index (χ4n) is 1.33. The standard InChI is InChI=1S/C9H6ClNO3/c1-14-5-3-2-4-6(7(5)10)8(12)9(13)11-4/h2-3H,1H3,(H,11,12,13). The Morgan fingerprint density at radius 3 is 2.71 bits per heavy atom. The molecular weight excluding hydrogens is 206 g/mol. The first-order valence-corrected chi connectivity index (χ1v) is 4.25. The molecule has 1 aromatic carbocycles. The molecule has 0 fully saturated rings. The van der Waals surface area contributed by atoms with Crippen molar-refractivity contribution in [1.82, 2.24) is 0 Å². The number of halogens is 1. The minimum atomic E-state index is -0.657. The van der Waals surface area contributed by atoms with Crippen LogP contribution < -0.4 is 10.1 Å². The van der Waals surface area contributed by atoms with E-state index in [4.69, 9.17) is 16.3 Å². The number of anilines is 1. The molecule has 1 aromatic rings. The summed E-state index contributed by atoms with van der Waals surface area (Å²) in [5.41, 5.74) is 0.627. The van der Waals surface area contributed by atoms with Crippen molar-refractivity contribution in [3.63, 3.8) is 0 Å². The Labute approximate surface area is 84.8 Å². The number of ether oxygens (including phenoxy) is 1. The van der Waals surface area contributed by atoms with Gasteiger partial charge in [0.25, 0.3) is 11.7 Å². The number of benzene rings is 1. The molecule has 4 nitrogen and oxygen atoms in total. The topological polar surface area (TPSA) is 55.4 Å². The molecule has 0 aromatic heterocycles. The second-order valence-electron chi connectivity index (χ2n) is 2.79. The molecule has 1 aliphatic rings. The summed E-state index contributed by atoms with van der Waals surface area (Å²) in [5, 5.41) is 2.59. The minimum Gasteiger partial charge on any atom is -0.495 e. The van der Waals surface area contributed by atoms with Gasteiger partial charge in [0.05, 0.1) is 23.4 Å². The van der Waals surface area contributed by atoms with Gasteiger partial charge in [-0.1, -0.05) is 11.6 Å². The lowest BCUT2D eigenvalue weighted by Crippen LogP contribution is -2.12. The van der Waals surface area contributed by atoms with E-state index < -0.39 is 11.7 Å².